The highest BCUT2D eigenvalue weighted by atomic mass is 32.2. The summed E-state index contributed by atoms with van der Waals surface area (Å²) in [5.41, 5.74) is 1.53. The number of hydrogen-bond acceptors (Lipinski definition) is 6. The zero-order valence-electron chi connectivity index (χ0n) is 19.1. The predicted molar refractivity (Wildman–Crippen MR) is 133 cm³/mol. The van der Waals surface area contributed by atoms with Crippen LogP contribution < -0.4 is 5.56 Å². The van der Waals surface area contributed by atoms with Gasteiger partial charge in [0.25, 0.3) is 11.5 Å². The fourth-order valence-electron chi connectivity index (χ4n) is 4.25. The number of fused-ring (bicyclic) bond motifs is 1. The van der Waals surface area contributed by atoms with Gasteiger partial charge in [-0.2, -0.15) is 9.57 Å². The Morgan fingerprint density at radius 2 is 1.56 bits per heavy atom. The molecular formula is C26H21N5O4S. The lowest BCUT2D eigenvalue weighted by Crippen LogP contribution is -2.50. The Balaban J connectivity index is 1.30. The van der Waals surface area contributed by atoms with Crippen LogP contribution in [0.15, 0.2) is 88.8 Å². The first kappa shape index (κ1) is 23.4. The number of rotatable bonds is 4. The Morgan fingerprint density at radius 1 is 0.889 bits per heavy atom. The third kappa shape index (κ3) is 4.15. The number of amides is 1. The average Bonchev–Trinajstić information content (AvgIpc) is 2.93. The van der Waals surface area contributed by atoms with Crippen molar-refractivity contribution in [1.82, 2.24) is 18.8 Å². The Bertz CT molecular complexity index is 1670. The van der Waals surface area contributed by atoms with Gasteiger partial charge in [0.15, 0.2) is 0 Å². The van der Waals surface area contributed by atoms with Crippen LogP contribution in [0.5, 0.6) is 0 Å². The van der Waals surface area contributed by atoms with E-state index in [1.807, 2.05) is 12.1 Å². The quantitative estimate of drug-likeness (QED) is 0.426. The molecule has 1 fully saturated rings. The molecule has 0 unspecified atom stereocenters. The summed E-state index contributed by atoms with van der Waals surface area (Å²) in [4.78, 5) is 31.8. The highest BCUT2D eigenvalue weighted by molar-refractivity contribution is 7.89. The third-order valence-corrected chi connectivity index (χ3v) is 8.17. The maximum absolute atomic E-state index is 13.1. The molecule has 0 atom stereocenters. The summed E-state index contributed by atoms with van der Waals surface area (Å²) in [5.74, 6) is -0.222. The average molecular weight is 500 g/mol. The molecule has 0 aliphatic carbocycles. The summed E-state index contributed by atoms with van der Waals surface area (Å²) in [5, 5.41) is 9.77. The zero-order valence-corrected chi connectivity index (χ0v) is 19.9. The van der Waals surface area contributed by atoms with E-state index >= 15 is 0 Å². The van der Waals surface area contributed by atoms with Crippen LogP contribution in [0.3, 0.4) is 0 Å². The van der Waals surface area contributed by atoms with Gasteiger partial charge in [-0.1, -0.05) is 24.3 Å². The maximum Gasteiger partial charge on any atom is 0.265 e. The summed E-state index contributed by atoms with van der Waals surface area (Å²) in [7, 11) is -3.84. The van der Waals surface area contributed by atoms with Crippen molar-refractivity contribution in [2.45, 2.75) is 4.90 Å². The van der Waals surface area contributed by atoms with Gasteiger partial charge in [0.1, 0.15) is 12.4 Å². The molecule has 1 saturated heterocycles. The lowest BCUT2D eigenvalue weighted by molar-refractivity contribution is 0.0698. The third-order valence-electron chi connectivity index (χ3n) is 6.21. The second-order valence-electron chi connectivity index (χ2n) is 8.29. The number of para-hydroxylation sites is 1. The monoisotopic (exact) mass is 499 g/mol. The van der Waals surface area contributed by atoms with Crippen molar-refractivity contribution in [1.29, 1.82) is 5.26 Å². The molecule has 0 radical (unpaired) electrons. The Morgan fingerprint density at radius 3 is 2.28 bits per heavy atom. The highest BCUT2D eigenvalue weighted by Gasteiger charge is 2.31. The lowest BCUT2D eigenvalue weighted by atomic mass is 10.1. The largest absolute Gasteiger partial charge is 0.336 e. The van der Waals surface area contributed by atoms with Gasteiger partial charge in [-0.25, -0.2) is 13.4 Å². The second kappa shape index (κ2) is 9.37. The minimum atomic E-state index is -3.84. The van der Waals surface area contributed by atoms with Gasteiger partial charge in [0, 0.05) is 31.7 Å². The molecule has 36 heavy (non-hydrogen) atoms. The van der Waals surface area contributed by atoms with Crippen molar-refractivity contribution in [3.05, 3.63) is 101 Å². The standard InChI is InChI=1S/C26H21N5O4S/c27-17-20-5-1-4-8-24(20)36(34,35)30-15-13-29(14-16-30)25(32)19-9-11-21(12-10-19)31-18-28-23-7-3-2-6-22(23)26(31)33/h1-12,18H,13-16H2. The van der Waals surface area contributed by atoms with E-state index in [0.717, 1.165) is 0 Å². The van der Waals surface area contributed by atoms with E-state index in [0.29, 0.717) is 22.2 Å². The molecule has 0 bridgehead atoms. The van der Waals surface area contributed by atoms with E-state index in [4.69, 9.17) is 0 Å². The molecular weight excluding hydrogens is 478 g/mol. The molecule has 1 aliphatic heterocycles. The Hall–Kier alpha value is -4.33. The van der Waals surface area contributed by atoms with Crippen molar-refractivity contribution >= 4 is 26.8 Å². The van der Waals surface area contributed by atoms with E-state index in [1.54, 1.807) is 59.5 Å². The van der Waals surface area contributed by atoms with Crippen molar-refractivity contribution in [2.75, 3.05) is 26.2 Å². The number of piperazine rings is 1. The van der Waals surface area contributed by atoms with Gasteiger partial charge < -0.3 is 4.90 Å². The topological polar surface area (TPSA) is 116 Å². The van der Waals surface area contributed by atoms with Crippen LogP contribution in [0.2, 0.25) is 0 Å². The van der Waals surface area contributed by atoms with Gasteiger partial charge in [-0.05, 0) is 48.5 Å². The second-order valence-corrected chi connectivity index (χ2v) is 10.2. The summed E-state index contributed by atoms with van der Waals surface area (Å²) < 4.78 is 28.8. The van der Waals surface area contributed by atoms with Gasteiger partial charge in [0.2, 0.25) is 10.0 Å². The van der Waals surface area contributed by atoms with Crippen LogP contribution in [0, 0.1) is 11.3 Å². The molecule has 180 valence electrons. The summed E-state index contributed by atoms with van der Waals surface area (Å²) in [6.45, 7) is 0.708. The van der Waals surface area contributed by atoms with Gasteiger partial charge in [-0.15, -0.1) is 0 Å². The number of nitriles is 1. The van der Waals surface area contributed by atoms with Crippen LogP contribution in [-0.4, -0.2) is 59.3 Å². The van der Waals surface area contributed by atoms with Gasteiger partial charge >= 0.3 is 0 Å². The number of sulfonamides is 1. The van der Waals surface area contributed by atoms with Crippen molar-refractivity contribution in [2.24, 2.45) is 0 Å². The van der Waals surface area contributed by atoms with Crippen LogP contribution in [0.25, 0.3) is 16.6 Å². The number of nitrogens with zero attached hydrogens (tertiary/aromatic N) is 5. The summed E-state index contributed by atoms with van der Waals surface area (Å²) in [6.07, 6.45) is 1.46. The van der Waals surface area contributed by atoms with Gasteiger partial charge in [0.05, 0.1) is 27.0 Å². The number of aromatic nitrogens is 2. The summed E-state index contributed by atoms with van der Waals surface area (Å²) >= 11 is 0. The normalized spacial score (nSPS) is 14.5. The molecule has 4 aromatic rings. The molecule has 0 spiro atoms. The molecule has 1 amide bonds. The van der Waals surface area contributed by atoms with E-state index in [9.17, 15) is 23.3 Å². The first-order valence-corrected chi connectivity index (χ1v) is 12.7. The van der Waals surface area contributed by atoms with E-state index in [1.165, 1.54) is 27.3 Å². The Kier molecular flexibility index (Phi) is 6.10. The van der Waals surface area contributed by atoms with E-state index in [-0.39, 0.29) is 48.1 Å². The van der Waals surface area contributed by atoms with Gasteiger partial charge in [-0.3, -0.25) is 14.2 Å². The zero-order chi connectivity index (χ0) is 25.3. The smallest absolute Gasteiger partial charge is 0.265 e. The van der Waals surface area contributed by atoms with Crippen LogP contribution in [0.4, 0.5) is 0 Å². The van der Waals surface area contributed by atoms with Crippen LogP contribution in [-0.2, 0) is 10.0 Å². The first-order valence-electron chi connectivity index (χ1n) is 11.3. The minimum absolute atomic E-state index is 0.0266. The molecule has 3 aromatic carbocycles. The Labute approximate surface area is 207 Å². The molecule has 1 aliphatic rings. The molecule has 2 heterocycles. The fraction of sp³-hybridized carbons (Fsp3) is 0.154. The highest BCUT2D eigenvalue weighted by Crippen LogP contribution is 2.22. The van der Waals surface area contributed by atoms with Crippen LogP contribution >= 0.6 is 0 Å². The molecule has 1 aromatic heterocycles. The first-order chi connectivity index (χ1) is 17.4. The molecule has 5 rings (SSSR count). The minimum Gasteiger partial charge on any atom is -0.336 e. The fourth-order valence-corrected chi connectivity index (χ4v) is 5.82. The van der Waals surface area contributed by atoms with Crippen molar-refractivity contribution < 1.29 is 13.2 Å². The maximum atomic E-state index is 13.1. The summed E-state index contributed by atoms with van der Waals surface area (Å²) in [6, 6.07) is 21.8. The van der Waals surface area contributed by atoms with Crippen molar-refractivity contribution in [3.63, 3.8) is 0 Å². The number of carbonyl (C=O) groups is 1. The van der Waals surface area contributed by atoms with Crippen LogP contribution in [0.1, 0.15) is 15.9 Å². The van der Waals surface area contributed by atoms with E-state index < -0.39 is 10.0 Å². The molecule has 10 heteroatoms. The number of benzene rings is 3. The lowest BCUT2D eigenvalue weighted by Gasteiger charge is -2.34. The van der Waals surface area contributed by atoms with E-state index in [2.05, 4.69) is 4.98 Å². The molecule has 0 saturated carbocycles. The van der Waals surface area contributed by atoms with Crippen molar-refractivity contribution in [3.8, 4) is 11.8 Å². The predicted octanol–water partition coefficient (Wildman–Crippen LogP) is 2.40. The number of carbonyl (C=O) groups excluding carboxylic acids is 1. The molecule has 9 nitrogen and oxygen atoms in total. The SMILES string of the molecule is N#Cc1ccccc1S(=O)(=O)N1CCN(C(=O)c2ccc(-n3cnc4ccccc4c3=O)cc2)CC1. The number of hydrogen-bond donors (Lipinski definition) is 0. The molecule has 0 N–H and O–H groups in total.